The second-order valence-electron chi connectivity index (χ2n) is 4.59. The first kappa shape index (κ1) is 16.5. The molecule has 0 atom stereocenters. The normalized spacial score (nSPS) is 17.0. The van der Waals surface area contributed by atoms with Crippen LogP contribution in [0.1, 0.15) is 5.56 Å². The van der Waals surface area contributed by atoms with Gasteiger partial charge in [0.2, 0.25) is 0 Å². The summed E-state index contributed by atoms with van der Waals surface area (Å²) in [7, 11) is -3.84. The molecule has 0 saturated carbocycles. The minimum absolute atomic E-state index is 0.00669. The van der Waals surface area contributed by atoms with E-state index < -0.39 is 21.2 Å². The summed E-state index contributed by atoms with van der Waals surface area (Å²) in [4.78, 5) is 10.00. The first-order chi connectivity index (χ1) is 10.3. The van der Waals surface area contributed by atoms with Gasteiger partial charge < -0.3 is 10.5 Å². The first-order valence-corrected chi connectivity index (χ1v) is 8.09. The van der Waals surface area contributed by atoms with Crippen molar-refractivity contribution in [1.82, 2.24) is 4.31 Å². The van der Waals surface area contributed by atoms with Crippen molar-refractivity contribution < 1.29 is 18.1 Å². The Morgan fingerprint density at radius 2 is 2.05 bits per heavy atom. The molecule has 0 radical (unpaired) electrons. The minimum atomic E-state index is -3.84. The summed E-state index contributed by atoms with van der Waals surface area (Å²) in [5.74, 6) is 0. The number of benzene rings is 1. The van der Waals surface area contributed by atoms with Gasteiger partial charge in [-0.2, -0.15) is 25.4 Å². The van der Waals surface area contributed by atoms with Crippen LogP contribution < -0.4 is 5.73 Å². The van der Waals surface area contributed by atoms with Crippen molar-refractivity contribution in [2.45, 2.75) is 11.9 Å². The highest BCUT2D eigenvalue weighted by Crippen LogP contribution is 2.18. The van der Waals surface area contributed by atoms with Crippen molar-refractivity contribution in [3.8, 4) is 0 Å². The average Bonchev–Trinajstić information content (AvgIpc) is 2.41. The van der Waals surface area contributed by atoms with Gasteiger partial charge in [0.05, 0.1) is 4.92 Å². The lowest BCUT2D eigenvalue weighted by Gasteiger charge is -2.33. The third-order valence-corrected chi connectivity index (χ3v) is 4.58. The zero-order chi connectivity index (χ0) is 16.3. The maximum absolute atomic E-state index is 11.8. The van der Waals surface area contributed by atoms with E-state index in [0.29, 0.717) is 5.56 Å². The van der Waals surface area contributed by atoms with Crippen molar-refractivity contribution in [2.75, 3.05) is 13.1 Å². The van der Waals surface area contributed by atoms with Crippen molar-refractivity contribution >= 4 is 34.5 Å². The molecule has 1 aromatic rings. The van der Waals surface area contributed by atoms with Gasteiger partial charge in [-0.1, -0.05) is 4.40 Å². The highest BCUT2D eigenvalue weighted by molar-refractivity contribution is 7.88. The molecular weight excluding hydrogens is 332 g/mol. The van der Waals surface area contributed by atoms with Gasteiger partial charge in [-0.15, -0.1) is 0 Å². The van der Waals surface area contributed by atoms with Crippen molar-refractivity contribution in [3.63, 3.8) is 0 Å². The molecule has 2 N–H and O–H groups in total. The van der Waals surface area contributed by atoms with E-state index in [1.807, 2.05) is 0 Å². The summed E-state index contributed by atoms with van der Waals surface area (Å²) in [6, 6.07) is 5.12. The molecule has 1 fully saturated rings. The molecule has 9 nitrogen and oxygen atoms in total. The SMILES string of the molecule is N/C(=N\S(=O)(=O)N1CC(S)C1)OCc1ccc([N+](=O)[O-])cc1. The molecule has 120 valence electrons. The number of hydrogen-bond acceptors (Lipinski definition) is 6. The molecule has 22 heavy (non-hydrogen) atoms. The molecule has 0 bridgehead atoms. The number of nitrogens with zero attached hydrogens (tertiary/aromatic N) is 3. The second-order valence-corrected chi connectivity index (χ2v) is 6.92. The highest BCUT2D eigenvalue weighted by Gasteiger charge is 2.33. The van der Waals surface area contributed by atoms with E-state index in [1.165, 1.54) is 24.3 Å². The molecule has 0 unspecified atom stereocenters. The molecule has 1 saturated heterocycles. The third kappa shape index (κ3) is 4.08. The summed E-state index contributed by atoms with van der Waals surface area (Å²) in [6.45, 7) is 0.521. The van der Waals surface area contributed by atoms with E-state index in [-0.39, 0.29) is 30.6 Å². The van der Waals surface area contributed by atoms with Crippen LogP contribution >= 0.6 is 12.6 Å². The van der Waals surface area contributed by atoms with E-state index in [2.05, 4.69) is 17.0 Å². The summed E-state index contributed by atoms with van der Waals surface area (Å²) < 4.78 is 33.1. The number of nitrogens with two attached hydrogens (primary N) is 1. The zero-order valence-corrected chi connectivity index (χ0v) is 13.0. The fourth-order valence-corrected chi connectivity index (χ4v) is 3.42. The standard InChI is InChI=1S/C11H14N4O5S2/c12-11(13-22(18,19)14-5-10(21)6-14)20-7-8-1-3-9(4-2-8)15(16)17/h1-4,10,21H,5-7H2,(H2,12,13). The van der Waals surface area contributed by atoms with Crippen LogP contribution in [0, 0.1) is 10.1 Å². The van der Waals surface area contributed by atoms with Gasteiger partial charge in [0, 0.05) is 30.5 Å². The topological polar surface area (TPSA) is 128 Å². The van der Waals surface area contributed by atoms with Crippen LogP contribution in [0.4, 0.5) is 5.69 Å². The summed E-state index contributed by atoms with van der Waals surface area (Å²) in [5.41, 5.74) is 5.98. The van der Waals surface area contributed by atoms with Crippen LogP contribution in [-0.4, -0.2) is 42.0 Å². The van der Waals surface area contributed by atoms with Crippen LogP contribution in [0.15, 0.2) is 28.7 Å². The number of nitro groups is 1. The number of thiol groups is 1. The summed E-state index contributed by atoms with van der Waals surface area (Å²) in [6.07, 6.45) is 0. The van der Waals surface area contributed by atoms with Gasteiger partial charge >= 0.3 is 10.2 Å². The number of nitro benzene ring substituents is 1. The molecule has 0 aromatic heterocycles. The summed E-state index contributed by atoms with van der Waals surface area (Å²) >= 11 is 4.11. The number of amidine groups is 1. The Kier molecular flexibility index (Phi) is 4.88. The van der Waals surface area contributed by atoms with Gasteiger partial charge in [-0.25, -0.2) is 0 Å². The molecule has 2 rings (SSSR count). The van der Waals surface area contributed by atoms with Crippen molar-refractivity contribution in [3.05, 3.63) is 39.9 Å². The van der Waals surface area contributed by atoms with Crippen LogP contribution in [0.2, 0.25) is 0 Å². The Bertz CT molecular complexity index is 683. The van der Waals surface area contributed by atoms with Crippen LogP contribution in [0.3, 0.4) is 0 Å². The van der Waals surface area contributed by atoms with Crippen molar-refractivity contribution in [1.29, 1.82) is 0 Å². The molecule has 1 aliphatic heterocycles. The fourth-order valence-electron chi connectivity index (χ4n) is 1.67. The van der Waals surface area contributed by atoms with Gasteiger partial charge in [0.25, 0.3) is 11.7 Å². The Morgan fingerprint density at radius 1 is 1.45 bits per heavy atom. The molecule has 11 heteroatoms. The number of ether oxygens (including phenoxy) is 1. The smallest absolute Gasteiger partial charge is 0.326 e. The zero-order valence-electron chi connectivity index (χ0n) is 11.3. The Balaban J connectivity index is 1.93. The maximum Gasteiger partial charge on any atom is 0.326 e. The van der Waals surface area contributed by atoms with Crippen LogP contribution in [-0.2, 0) is 21.6 Å². The predicted molar refractivity (Wildman–Crippen MR) is 82.8 cm³/mol. The highest BCUT2D eigenvalue weighted by atomic mass is 32.2. The van der Waals surface area contributed by atoms with E-state index >= 15 is 0 Å². The van der Waals surface area contributed by atoms with Crippen LogP contribution in [0.25, 0.3) is 0 Å². The lowest BCUT2D eigenvalue weighted by atomic mass is 10.2. The molecule has 1 heterocycles. The molecular formula is C11H14N4O5S2. The Labute approximate surface area is 132 Å². The minimum Gasteiger partial charge on any atom is -0.460 e. The lowest BCUT2D eigenvalue weighted by molar-refractivity contribution is -0.384. The van der Waals surface area contributed by atoms with E-state index in [0.717, 1.165) is 4.31 Å². The molecule has 0 spiro atoms. The molecule has 1 aromatic carbocycles. The van der Waals surface area contributed by atoms with E-state index in [9.17, 15) is 18.5 Å². The first-order valence-electron chi connectivity index (χ1n) is 6.17. The quantitative estimate of drug-likeness (QED) is 0.259. The Morgan fingerprint density at radius 3 is 2.55 bits per heavy atom. The largest absolute Gasteiger partial charge is 0.460 e. The third-order valence-electron chi connectivity index (χ3n) is 2.89. The molecule has 1 aliphatic rings. The van der Waals surface area contributed by atoms with E-state index in [1.54, 1.807) is 0 Å². The summed E-state index contributed by atoms with van der Waals surface area (Å²) in [5, 5.41) is 10.5. The number of hydrogen-bond donors (Lipinski definition) is 2. The monoisotopic (exact) mass is 346 g/mol. The molecule has 0 aliphatic carbocycles. The van der Waals surface area contributed by atoms with E-state index in [4.69, 9.17) is 10.5 Å². The van der Waals surface area contributed by atoms with Gasteiger partial charge in [0.1, 0.15) is 6.61 Å². The molecule has 0 amide bonds. The fraction of sp³-hybridized carbons (Fsp3) is 0.364. The van der Waals surface area contributed by atoms with Crippen molar-refractivity contribution in [2.24, 2.45) is 10.1 Å². The lowest BCUT2D eigenvalue weighted by Crippen LogP contribution is -2.50. The second kappa shape index (κ2) is 6.50. The number of rotatable bonds is 5. The van der Waals surface area contributed by atoms with Crippen LogP contribution in [0.5, 0.6) is 0 Å². The van der Waals surface area contributed by atoms with Gasteiger partial charge in [-0.05, 0) is 17.7 Å². The predicted octanol–water partition coefficient (Wildman–Crippen LogP) is 0.285. The van der Waals surface area contributed by atoms with Gasteiger partial charge in [-0.3, -0.25) is 10.1 Å². The Hall–Kier alpha value is -1.85. The number of non-ortho nitro benzene ring substituents is 1. The average molecular weight is 346 g/mol. The van der Waals surface area contributed by atoms with Gasteiger partial charge in [0.15, 0.2) is 0 Å². The maximum atomic E-state index is 11.8.